The van der Waals surface area contributed by atoms with Crippen molar-refractivity contribution in [1.29, 1.82) is 0 Å². The fourth-order valence-corrected chi connectivity index (χ4v) is 5.11. The van der Waals surface area contributed by atoms with Crippen molar-refractivity contribution in [2.75, 3.05) is 18.0 Å². The van der Waals surface area contributed by atoms with Crippen LogP contribution in [0, 0.1) is 0 Å². The lowest BCUT2D eigenvalue weighted by atomic mass is 9.95. The Bertz CT molecular complexity index is 1090. The lowest BCUT2D eigenvalue weighted by molar-refractivity contribution is 0.138. The Morgan fingerprint density at radius 3 is 2.35 bits per heavy atom. The first kappa shape index (κ1) is 20.3. The molecule has 3 aliphatic heterocycles. The predicted octanol–water partition coefficient (Wildman–Crippen LogP) is 4.23. The summed E-state index contributed by atoms with van der Waals surface area (Å²) in [5.41, 5.74) is 4.25. The van der Waals surface area contributed by atoms with Crippen LogP contribution in [0.4, 0.5) is 5.69 Å². The van der Waals surface area contributed by atoms with Crippen LogP contribution in [-0.2, 0) is 19.8 Å². The highest BCUT2D eigenvalue weighted by Gasteiger charge is 2.34. The molecular formula is C27H30N2O2. The zero-order valence-corrected chi connectivity index (χ0v) is 17.8. The van der Waals surface area contributed by atoms with Crippen molar-refractivity contribution >= 4 is 16.5 Å². The maximum absolute atomic E-state index is 9.86. The van der Waals surface area contributed by atoms with E-state index in [-0.39, 0.29) is 13.2 Å². The highest BCUT2D eigenvalue weighted by Crippen LogP contribution is 2.32. The quantitative estimate of drug-likeness (QED) is 0.614. The molecule has 0 spiro atoms. The molecule has 1 fully saturated rings. The number of hydrogen-bond acceptors (Lipinski definition) is 4. The predicted molar refractivity (Wildman–Crippen MR) is 126 cm³/mol. The van der Waals surface area contributed by atoms with Gasteiger partial charge < -0.3 is 15.1 Å². The van der Waals surface area contributed by atoms with Gasteiger partial charge in [0.25, 0.3) is 0 Å². The number of aliphatic hydroxyl groups is 2. The number of rotatable bonds is 5. The first-order valence-electron chi connectivity index (χ1n) is 11.2. The van der Waals surface area contributed by atoms with E-state index in [1.807, 2.05) is 12.1 Å². The summed E-state index contributed by atoms with van der Waals surface area (Å²) in [6.45, 7) is 2.87. The molecule has 1 saturated heterocycles. The van der Waals surface area contributed by atoms with Crippen LogP contribution in [0.3, 0.4) is 0 Å². The number of aliphatic hydroxyl groups excluding tert-OH is 2. The fraction of sp³-hybridized carbons (Fsp3) is 0.333. The van der Waals surface area contributed by atoms with E-state index < -0.39 is 0 Å². The Hall–Kier alpha value is -2.66. The molecule has 4 nitrogen and oxygen atoms in total. The molecule has 0 aromatic heterocycles. The van der Waals surface area contributed by atoms with Crippen molar-refractivity contribution in [3.63, 3.8) is 0 Å². The normalized spacial score (nSPS) is 22.5. The summed E-state index contributed by atoms with van der Waals surface area (Å²) >= 11 is 0. The van der Waals surface area contributed by atoms with Gasteiger partial charge in [0, 0.05) is 37.4 Å². The van der Waals surface area contributed by atoms with Gasteiger partial charge in [0.05, 0.1) is 13.2 Å². The minimum absolute atomic E-state index is 0.00715. The van der Waals surface area contributed by atoms with E-state index in [9.17, 15) is 10.2 Å². The SMILES string of the molecule is OCc1ccc(CN2C[C@@H]3C/C=C\C[C@H]2CN3c2ccc3ccccc3c2)c(CO)c1. The summed E-state index contributed by atoms with van der Waals surface area (Å²) in [7, 11) is 0. The lowest BCUT2D eigenvalue weighted by Crippen LogP contribution is -2.58. The van der Waals surface area contributed by atoms with Gasteiger partial charge in [-0.1, -0.05) is 60.7 Å². The molecule has 31 heavy (non-hydrogen) atoms. The largest absolute Gasteiger partial charge is 0.392 e. The molecule has 0 saturated carbocycles. The van der Waals surface area contributed by atoms with E-state index in [0.717, 1.165) is 49.2 Å². The van der Waals surface area contributed by atoms with E-state index in [2.05, 4.69) is 70.5 Å². The molecule has 3 aliphatic rings. The first-order valence-corrected chi connectivity index (χ1v) is 11.2. The molecular weight excluding hydrogens is 384 g/mol. The zero-order chi connectivity index (χ0) is 21.2. The molecule has 0 amide bonds. The van der Waals surface area contributed by atoms with Gasteiger partial charge in [-0.2, -0.15) is 0 Å². The van der Waals surface area contributed by atoms with E-state index in [1.165, 1.54) is 16.5 Å². The molecule has 2 bridgehead atoms. The third-order valence-electron chi connectivity index (χ3n) is 6.85. The summed E-state index contributed by atoms with van der Waals surface area (Å²) in [5, 5.41) is 21.9. The molecule has 0 aliphatic carbocycles. The molecule has 2 atom stereocenters. The molecule has 3 aromatic carbocycles. The van der Waals surface area contributed by atoms with E-state index >= 15 is 0 Å². The van der Waals surface area contributed by atoms with E-state index in [1.54, 1.807) is 0 Å². The molecule has 3 aromatic rings. The summed E-state index contributed by atoms with van der Waals surface area (Å²) in [4.78, 5) is 5.18. The second kappa shape index (κ2) is 8.83. The molecule has 160 valence electrons. The first-order chi connectivity index (χ1) is 15.2. The number of nitrogens with zero attached hydrogens (tertiary/aromatic N) is 2. The van der Waals surface area contributed by atoms with Crippen LogP contribution >= 0.6 is 0 Å². The monoisotopic (exact) mass is 414 g/mol. The zero-order valence-electron chi connectivity index (χ0n) is 17.8. The van der Waals surface area contributed by atoms with Crippen LogP contribution < -0.4 is 4.90 Å². The van der Waals surface area contributed by atoms with Gasteiger partial charge in [-0.3, -0.25) is 4.90 Å². The van der Waals surface area contributed by atoms with Gasteiger partial charge in [0.1, 0.15) is 0 Å². The summed E-state index contributed by atoms with van der Waals surface area (Å²) < 4.78 is 0. The summed E-state index contributed by atoms with van der Waals surface area (Å²) in [6, 6.07) is 22.2. The standard InChI is InChI=1S/C27H30N2O2/c30-18-20-9-10-23(24(13-20)19-31)15-28-16-27-8-4-3-7-26(28)17-29(27)25-12-11-21-5-1-2-6-22(21)14-25/h1-6,9-14,26-27,30-31H,7-8,15-19H2/b4-3-/t26-,27-/m0/s1. The maximum Gasteiger partial charge on any atom is 0.0685 e. The lowest BCUT2D eigenvalue weighted by Gasteiger charge is -2.48. The third-order valence-corrected chi connectivity index (χ3v) is 6.85. The summed E-state index contributed by atoms with van der Waals surface area (Å²) in [6.07, 6.45) is 6.77. The van der Waals surface area contributed by atoms with Crippen molar-refractivity contribution in [2.45, 2.75) is 44.7 Å². The van der Waals surface area contributed by atoms with Gasteiger partial charge >= 0.3 is 0 Å². The van der Waals surface area contributed by atoms with Crippen LogP contribution in [0.5, 0.6) is 0 Å². The Kier molecular flexibility index (Phi) is 5.77. The van der Waals surface area contributed by atoms with Gasteiger partial charge in [-0.15, -0.1) is 0 Å². The van der Waals surface area contributed by atoms with Crippen molar-refractivity contribution in [2.24, 2.45) is 0 Å². The van der Waals surface area contributed by atoms with Crippen LogP contribution in [0.2, 0.25) is 0 Å². The second-order valence-corrected chi connectivity index (χ2v) is 8.78. The van der Waals surface area contributed by atoms with Crippen molar-refractivity contribution in [3.05, 3.63) is 89.5 Å². The molecule has 4 heteroatoms. The second-order valence-electron chi connectivity index (χ2n) is 8.78. The van der Waals surface area contributed by atoms with Crippen LogP contribution in [-0.4, -0.2) is 40.3 Å². The van der Waals surface area contributed by atoms with Gasteiger partial charge in [0.2, 0.25) is 0 Å². The van der Waals surface area contributed by atoms with Crippen molar-refractivity contribution in [1.82, 2.24) is 4.90 Å². The maximum atomic E-state index is 9.86. The topological polar surface area (TPSA) is 46.9 Å². The average molecular weight is 415 g/mol. The van der Waals surface area contributed by atoms with Gasteiger partial charge in [-0.05, 0) is 52.4 Å². The third kappa shape index (κ3) is 4.11. The van der Waals surface area contributed by atoms with Gasteiger partial charge in [-0.25, -0.2) is 0 Å². The molecule has 3 heterocycles. The number of piperazine rings is 1. The number of fused-ring (bicyclic) bond motifs is 5. The number of benzene rings is 3. The highest BCUT2D eigenvalue weighted by atomic mass is 16.3. The molecule has 6 rings (SSSR count). The Balaban J connectivity index is 1.41. The average Bonchev–Trinajstić information content (AvgIpc) is 2.80. The van der Waals surface area contributed by atoms with E-state index in [4.69, 9.17) is 0 Å². The Morgan fingerprint density at radius 2 is 1.55 bits per heavy atom. The smallest absolute Gasteiger partial charge is 0.0685 e. The van der Waals surface area contributed by atoms with E-state index in [0.29, 0.717) is 12.1 Å². The van der Waals surface area contributed by atoms with Crippen LogP contribution in [0.1, 0.15) is 29.5 Å². The van der Waals surface area contributed by atoms with Crippen LogP contribution in [0.25, 0.3) is 10.8 Å². The highest BCUT2D eigenvalue weighted by molar-refractivity contribution is 5.86. The molecule has 0 unspecified atom stereocenters. The van der Waals surface area contributed by atoms with Crippen molar-refractivity contribution < 1.29 is 10.2 Å². The minimum Gasteiger partial charge on any atom is -0.392 e. The van der Waals surface area contributed by atoms with Gasteiger partial charge in [0.15, 0.2) is 0 Å². The fourth-order valence-electron chi connectivity index (χ4n) is 5.11. The molecule has 0 radical (unpaired) electrons. The Labute approximate surface area is 184 Å². The molecule has 2 N–H and O–H groups in total. The Morgan fingerprint density at radius 1 is 0.742 bits per heavy atom. The number of hydrogen-bond donors (Lipinski definition) is 2. The minimum atomic E-state index is 0.00715. The summed E-state index contributed by atoms with van der Waals surface area (Å²) in [5.74, 6) is 0. The van der Waals surface area contributed by atoms with Crippen molar-refractivity contribution in [3.8, 4) is 0 Å². The van der Waals surface area contributed by atoms with Crippen LogP contribution in [0.15, 0.2) is 72.8 Å². The number of anilines is 1.